The average Bonchev–Trinajstić information content (AvgIpc) is 2.37. The molecule has 0 bridgehead atoms. The molecule has 0 aliphatic rings. The summed E-state index contributed by atoms with van der Waals surface area (Å²) in [5, 5.41) is 4.19. The number of methoxy groups -OCH3 is 1. The van der Waals surface area contributed by atoms with E-state index in [0.29, 0.717) is 17.8 Å². The number of rotatable bonds is 2. The number of nitrogen functional groups attached to an aromatic ring is 1. The second kappa shape index (κ2) is 6.83. The third-order valence-electron chi connectivity index (χ3n) is 2.03. The van der Waals surface area contributed by atoms with Gasteiger partial charge in [0.1, 0.15) is 6.20 Å². The summed E-state index contributed by atoms with van der Waals surface area (Å²) in [7, 11) is -2.32. The molecule has 0 aliphatic heterocycles. The van der Waals surface area contributed by atoms with Gasteiger partial charge in [-0.15, -0.1) is 0 Å². The highest BCUT2D eigenvalue weighted by Crippen LogP contribution is 2.09. The average molecular weight is 297 g/mol. The molecule has 0 saturated heterocycles. The van der Waals surface area contributed by atoms with Crippen LogP contribution in [0.4, 0.5) is 5.69 Å². The summed E-state index contributed by atoms with van der Waals surface area (Å²) in [4.78, 5) is 0. The number of hydrogen-bond acceptors (Lipinski definition) is 6. The second-order valence-electron chi connectivity index (χ2n) is 3.78. The van der Waals surface area contributed by atoms with Gasteiger partial charge < -0.3 is 15.0 Å². The standard InChI is InChI=1S/C11H11N3O.CH4O3S/c1-15-11-7-9(12)8-13-14(11)10-5-3-2-4-6-10;1-5(2,3)4/h2-8,12H,1H3;1H3,(H,2,3,4). The van der Waals surface area contributed by atoms with Crippen LogP contribution >= 0.6 is 0 Å². The summed E-state index contributed by atoms with van der Waals surface area (Å²) in [5.74, 6) is 0.612. The Morgan fingerprint density at radius 3 is 2.35 bits per heavy atom. The van der Waals surface area contributed by atoms with Gasteiger partial charge in [-0.3, -0.25) is 0 Å². The quantitative estimate of drug-likeness (QED) is 0.622. The summed E-state index contributed by atoms with van der Waals surface area (Å²) in [6.07, 6.45) is 2.20. The number of benzene rings is 1. The number of aromatic nitrogens is 2. The number of nitrogens with two attached hydrogens (primary N) is 1. The molecule has 2 aromatic rings. The van der Waals surface area contributed by atoms with Crippen molar-refractivity contribution < 1.29 is 22.4 Å². The molecule has 0 radical (unpaired) electrons. The van der Waals surface area contributed by atoms with Crippen molar-refractivity contribution in [3.63, 3.8) is 0 Å². The minimum absolute atomic E-state index is 0.582. The van der Waals surface area contributed by atoms with Crippen molar-refractivity contribution in [1.29, 1.82) is 0 Å². The van der Waals surface area contributed by atoms with E-state index in [9.17, 15) is 0 Å². The van der Waals surface area contributed by atoms with Crippen LogP contribution in [-0.4, -0.2) is 31.4 Å². The van der Waals surface area contributed by atoms with Gasteiger partial charge in [0.25, 0.3) is 0 Å². The van der Waals surface area contributed by atoms with Crippen molar-refractivity contribution in [2.24, 2.45) is 0 Å². The summed E-state index contributed by atoms with van der Waals surface area (Å²) >= 11 is 0. The van der Waals surface area contributed by atoms with Crippen LogP contribution in [-0.2, 0) is 10.1 Å². The normalized spacial score (nSPS) is 10.3. The molecule has 108 valence electrons. The molecule has 7 nitrogen and oxygen atoms in total. The molecule has 0 atom stereocenters. The second-order valence-corrected chi connectivity index (χ2v) is 5.19. The largest absolute Gasteiger partial charge is 0.748 e. The zero-order valence-corrected chi connectivity index (χ0v) is 11.9. The fourth-order valence-corrected chi connectivity index (χ4v) is 1.33. The molecule has 1 aromatic carbocycles. The summed E-state index contributed by atoms with van der Waals surface area (Å²) in [5.41, 5.74) is 7.15. The van der Waals surface area contributed by atoms with E-state index in [2.05, 4.69) is 5.10 Å². The molecule has 0 aliphatic carbocycles. The maximum Gasteiger partial charge on any atom is 0.401 e. The first-order valence-corrected chi connectivity index (χ1v) is 7.31. The Morgan fingerprint density at radius 1 is 1.30 bits per heavy atom. The monoisotopic (exact) mass is 297 g/mol. The van der Waals surface area contributed by atoms with Crippen molar-refractivity contribution >= 4 is 15.8 Å². The number of nitrogens with zero attached hydrogens (tertiary/aromatic N) is 2. The lowest BCUT2D eigenvalue weighted by atomic mass is 10.3. The Hall–Kier alpha value is -2.19. The Bertz CT molecular complexity index is 652. The van der Waals surface area contributed by atoms with Gasteiger partial charge in [-0.25, -0.2) is 8.42 Å². The first-order valence-electron chi connectivity index (χ1n) is 5.49. The van der Waals surface area contributed by atoms with Crippen LogP contribution in [0.2, 0.25) is 0 Å². The van der Waals surface area contributed by atoms with Gasteiger partial charge in [-0.05, 0) is 4.68 Å². The third-order valence-corrected chi connectivity index (χ3v) is 2.03. The highest BCUT2D eigenvalue weighted by atomic mass is 32.2. The molecule has 2 N–H and O–H groups in total. The minimum atomic E-state index is -3.92. The van der Waals surface area contributed by atoms with Gasteiger partial charge >= 0.3 is 5.88 Å². The molecule has 0 fully saturated rings. The number of anilines is 1. The van der Waals surface area contributed by atoms with Crippen LogP contribution in [0.1, 0.15) is 0 Å². The van der Waals surface area contributed by atoms with Crippen molar-refractivity contribution in [2.75, 3.05) is 19.1 Å². The fourth-order valence-electron chi connectivity index (χ4n) is 1.33. The minimum Gasteiger partial charge on any atom is -0.748 e. The number of ether oxygens (including phenoxy) is 1. The van der Waals surface area contributed by atoms with Crippen molar-refractivity contribution in [2.45, 2.75) is 0 Å². The van der Waals surface area contributed by atoms with Gasteiger partial charge in [0.15, 0.2) is 0 Å². The van der Waals surface area contributed by atoms with E-state index < -0.39 is 10.1 Å². The number of para-hydroxylation sites is 1. The van der Waals surface area contributed by atoms with Crippen molar-refractivity contribution in [1.82, 2.24) is 5.10 Å². The Morgan fingerprint density at radius 2 is 1.85 bits per heavy atom. The molecule has 1 aromatic heterocycles. The van der Waals surface area contributed by atoms with Crippen LogP contribution in [0, 0.1) is 0 Å². The predicted molar refractivity (Wildman–Crippen MR) is 72.4 cm³/mol. The van der Waals surface area contributed by atoms with Gasteiger partial charge in [0.2, 0.25) is 5.69 Å². The highest BCUT2D eigenvalue weighted by molar-refractivity contribution is 7.84. The maximum absolute atomic E-state index is 9.08. The molecular weight excluding hydrogens is 282 g/mol. The van der Waals surface area contributed by atoms with E-state index in [4.69, 9.17) is 23.4 Å². The maximum atomic E-state index is 9.08. The van der Waals surface area contributed by atoms with Gasteiger partial charge in [0, 0.05) is 23.5 Å². The Balaban J connectivity index is 0.000000347. The fraction of sp³-hybridized carbons (Fsp3) is 0.167. The molecule has 0 spiro atoms. The van der Waals surface area contributed by atoms with E-state index >= 15 is 0 Å². The first-order chi connectivity index (χ1) is 9.31. The lowest BCUT2D eigenvalue weighted by Gasteiger charge is -1.99. The Labute approximate surface area is 117 Å². The smallest absolute Gasteiger partial charge is 0.401 e. The van der Waals surface area contributed by atoms with E-state index in [-0.39, 0.29) is 0 Å². The summed E-state index contributed by atoms with van der Waals surface area (Å²) < 4.78 is 34.1. The van der Waals surface area contributed by atoms with Gasteiger partial charge in [-0.2, -0.15) is 0 Å². The van der Waals surface area contributed by atoms with E-state index in [0.717, 1.165) is 5.69 Å². The van der Waals surface area contributed by atoms with Crippen molar-refractivity contribution in [3.05, 3.63) is 42.6 Å². The highest BCUT2D eigenvalue weighted by Gasteiger charge is 2.16. The van der Waals surface area contributed by atoms with E-state index in [1.54, 1.807) is 24.1 Å². The number of hydrogen-bond donors (Lipinski definition) is 1. The van der Waals surface area contributed by atoms with E-state index in [1.807, 2.05) is 30.3 Å². The summed E-state index contributed by atoms with van der Waals surface area (Å²) in [6.45, 7) is 0. The van der Waals surface area contributed by atoms with Gasteiger partial charge in [-0.1, -0.05) is 18.2 Å². The van der Waals surface area contributed by atoms with Crippen LogP contribution in [0.25, 0.3) is 5.69 Å². The first kappa shape index (κ1) is 15.9. The van der Waals surface area contributed by atoms with Crippen LogP contribution < -0.4 is 15.2 Å². The van der Waals surface area contributed by atoms with Crippen LogP contribution in [0.5, 0.6) is 5.88 Å². The molecule has 0 unspecified atom stereocenters. The zero-order chi connectivity index (χ0) is 15.2. The molecular formula is C12H15N3O4S. The topological polar surface area (TPSA) is 109 Å². The van der Waals surface area contributed by atoms with Crippen LogP contribution in [0.3, 0.4) is 0 Å². The van der Waals surface area contributed by atoms with E-state index in [1.165, 1.54) is 0 Å². The molecule has 8 heteroatoms. The molecule has 2 rings (SSSR count). The molecule has 0 saturated carbocycles. The zero-order valence-electron chi connectivity index (χ0n) is 11.1. The van der Waals surface area contributed by atoms with Crippen LogP contribution in [0.15, 0.2) is 42.6 Å². The SMILES string of the molecule is COc1cc(N)cn[n+]1-c1ccccc1.CS(=O)(=O)[O-]. The lowest BCUT2D eigenvalue weighted by molar-refractivity contribution is -0.665. The molecule has 1 heterocycles. The summed E-state index contributed by atoms with van der Waals surface area (Å²) in [6, 6.07) is 11.5. The predicted octanol–water partition coefficient (Wildman–Crippen LogP) is 0.110. The third kappa shape index (κ3) is 5.63. The molecule has 0 amide bonds. The van der Waals surface area contributed by atoms with Crippen molar-refractivity contribution in [3.8, 4) is 11.6 Å². The Kier molecular flexibility index (Phi) is 5.42. The van der Waals surface area contributed by atoms with Gasteiger partial charge in [0.05, 0.1) is 29.0 Å². The molecule has 20 heavy (non-hydrogen) atoms. The lowest BCUT2D eigenvalue weighted by Crippen LogP contribution is -2.36.